The fourth-order valence-electron chi connectivity index (χ4n) is 2.93. The normalized spacial score (nSPS) is 19.9. The molecule has 136 valence electrons. The molecule has 1 fully saturated rings. The maximum Gasteiger partial charge on any atom is 0.343 e. The average Bonchev–Trinajstić information content (AvgIpc) is 2.57. The summed E-state index contributed by atoms with van der Waals surface area (Å²) in [6.45, 7) is 1.77. The summed E-state index contributed by atoms with van der Waals surface area (Å²) >= 11 is 0. The van der Waals surface area contributed by atoms with Gasteiger partial charge < -0.3 is 10.1 Å². The topological polar surface area (TPSA) is 121 Å². The van der Waals surface area contributed by atoms with Gasteiger partial charge in [0.25, 0.3) is 11.2 Å². The molecule has 1 aliphatic rings. The molecular weight excluding hydrogens is 330 g/mol. The summed E-state index contributed by atoms with van der Waals surface area (Å²) in [6, 6.07) is 0.892. The van der Waals surface area contributed by atoms with Crippen molar-refractivity contribution in [3.05, 3.63) is 38.3 Å². The molecule has 0 aromatic carbocycles. The highest BCUT2D eigenvalue weighted by Crippen LogP contribution is 2.23. The molecule has 0 radical (unpaired) electrons. The summed E-state index contributed by atoms with van der Waals surface area (Å²) in [6.07, 6.45) is 4.73. The fourth-order valence-corrected chi connectivity index (χ4v) is 2.93. The van der Waals surface area contributed by atoms with E-state index in [9.17, 15) is 24.5 Å². The predicted molar refractivity (Wildman–Crippen MR) is 88.3 cm³/mol. The van der Waals surface area contributed by atoms with Crippen molar-refractivity contribution in [3.8, 4) is 0 Å². The van der Waals surface area contributed by atoms with Crippen molar-refractivity contribution in [2.24, 2.45) is 5.92 Å². The monoisotopic (exact) mass is 351 g/mol. The summed E-state index contributed by atoms with van der Waals surface area (Å²) in [5.74, 6) is -0.766. The Morgan fingerprint density at radius 2 is 2.00 bits per heavy atom. The summed E-state index contributed by atoms with van der Waals surface area (Å²) in [4.78, 5) is 46.4. The first-order valence-electron chi connectivity index (χ1n) is 8.08. The van der Waals surface area contributed by atoms with Crippen LogP contribution in [0.3, 0.4) is 0 Å². The van der Waals surface area contributed by atoms with E-state index in [1.807, 2.05) is 0 Å². The van der Waals surface area contributed by atoms with Crippen LogP contribution < -0.4 is 10.9 Å². The van der Waals surface area contributed by atoms with Gasteiger partial charge in [-0.1, -0.05) is 6.92 Å². The fraction of sp³-hybridized carbons (Fsp3) is 0.562. The number of nitrogens with zero attached hydrogens (tertiary/aromatic N) is 2. The van der Waals surface area contributed by atoms with Gasteiger partial charge in [0, 0.05) is 12.1 Å². The molecule has 1 heterocycles. The van der Waals surface area contributed by atoms with Gasteiger partial charge >= 0.3 is 5.97 Å². The van der Waals surface area contributed by atoms with Crippen LogP contribution in [0.1, 0.15) is 43.0 Å². The molecular formula is C16H21N3O6. The van der Waals surface area contributed by atoms with Crippen molar-refractivity contribution in [1.82, 2.24) is 9.88 Å². The number of ether oxygens (including phenoxy) is 1. The lowest BCUT2D eigenvalue weighted by Crippen LogP contribution is -2.41. The Morgan fingerprint density at radius 3 is 2.56 bits per heavy atom. The van der Waals surface area contributed by atoms with Crippen molar-refractivity contribution in [2.75, 3.05) is 7.11 Å². The third kappa shape index (κ3) is 4.65. The van der Waals surface area contributed by atoms with E-state index in [1.165, 1.54) is 0 Å². The number of nitro groups is 1. The Kier molecular flexibility index (Phi) is 5.89. The van der Waals surface area contributed by atoms with Gasteiger partial charge in [0.05, 0.1) is 18.2 Å². The predicted octanol–water partition coefficient (Wildman–Crippen LogP) is 1.24. The third-order valence-electron chi connectivity index (χ3n) is 4.38. The Balaban J connectivity index is 2.18. The largest absolute Gasteiger partial charge is 0.465 e. The molecule has 1 aromatic rings. The first-order valence-corrected chi connectivity index (χ1v) is 8.08. The van der Waals surface area contributed by atoms with Crippen LogP contribution in [-0.2, 0) is 16.1 Å². The van der Waals surface area contributed by atoms with Crippen molar-refractivity contribution in [2.45, 2.75) is 45.2 Å². The van der Waals surface area contributed by atoms with Gasteiger partial charge in [-0.25, -0.2) is 4.79 Å². The molecule has 1 aliphatic carbocycles. The number of esters is 1. The third-order valence-corrected chi connectivity index (χ3v) is 4.38. The van der Waals surface area contributed by atoms with Crippen LogP contribution in [0.5, 0.6) is 0 Å². The van der Waals surface area contributed by atoms with Crippen molar-refractivity contribution in [3.63, 3.8) is 0 Å². The number of amides is 1. The summed E-state index contributed by atoms with van der Waals surface area (Å²) < 4.78 is 5.33. The lowest BCUT2D eigenvalue weighted by molar-refractivity contribution is -0.385. The minimum absolute atomic E-state index is 0.0400. The van der Waals surface area contributed by atoms with E-state index in [2.05, 4.69) is 17.0 Å². The molecule has 0 aliphatic heterocycles. The number of pyridine rings is 1. The van der Waals surface area contributed by atoms with Crippen LogP contribution in [0.4, 0.5) is 5.69 Å². The summed E-state index contributed by atoms with van der Waals surface area (Å²) in [5.41, 5.74) is -1.74. The lowest BCUT2D eigenvalue weighted by atomic mass is 9.87. The van der Waals surface area contributed by atoms with E-state index < -0.39 is 40.2 Å². The first kappa shape index (κ1) is 18.6. The van der Waals surface area contributed by atoms with Gasteiger partial charge in [-0.3, -0.25) is 24.3 Å². The molecule has 0 spiro atoms. The van der Waals surface area contributed by atoms with Crippen LogP contribution in [0.2, 0.25) is 0 Å². The molecule has 9 nitrogen and oxygen atoms in total. The van der Waals surface area contributed by atoms with Gasteiger partial charge in [0.15, 0.2) is 0 Å². The number of hydrogen-bond acceptors (Lipinski definition) is 6. The quantitative estimate of drug-likeness (QED) is 0.484. The number of rotatable bonds is 5. The van der Waals surface area contributed by atoms with Gasteiger partial charge in [-0.15, -0.1) is 0 Å². The number of aromatic nitrogens is 1. The van der Waals surface area contributed by atoms with Crippen LogP contribution in [0, 0.1) is 16.0 Å². The summed E-state index contributed by atoms with van der Waals surface area (Å²) in [5, 5.41) is 13.8. The zero-order valence-electron chi connectivity index (χ0n) is 14.2. The number of carbonyl (C=O) groups excluding carboxylic acids is 2. The summed E-state index contributed by atoms with van der Waals surface area (Å²) in [7, 11) is 1.07. The van der Waals surface area contributed by atoms with Crippen LogP contribution in [0.15, 0.2) is 17.1 Å². The van der Waals surface area contributed by atoms with Crippen molar-refractivity contribution >= 4 is 17.6 Å². The zero-order valence-corrected chi connectivity index (χ0v) is 14.2. The number of methoxy groups -OCH3 is 1. The van der Waals surface area contributed by atoms with E-state index in [0.717, 1.165) is 49.6 Å². The van der Waals surface area contributed by atoms with Gasteiger partial charge in [0.2, 0.25) is 5.91 Å². The standard InChI is InChI=1S/C16H21N3O6/c1-10-3-5-11(6-4-10)17-14(20)9-18-8-12(19(23)24)7-13(15(18)21)16(22)25-2/h7-8,10-11H,3-6,9H2,1-2H3,(H,17,20). The highest BCUT2D eigenvalue weighted by Gasteiger charge is 2.23. The van der Waals surface area contributed by atoms with Crippen molar-refractivity contribution in [1.29, 1.82) is 0 Å². The molecule has 0 bridgehead atoms. The van der Waals surface area contributed by atoms with Gasteiger partial charge in [-0.05, 0) is 31.6 Å². The van der Waals surface area contributed by atoms with E-state index in [0.29, 0.717) is 5.92 Å². The highest BCUT2D eigenvalue weighted by molar-refractivity contribution is 5.89. The minimum atomic E-state index is -0.982. The molecule has 1 aromatic heterocycles. The number of nitrogens with one attached hydrogen (secondary N) is 1. The maximum atomic E-state index is 12.3. The van der Waals surface area contributed by atoms with Crippen molar-refractivity contribution < 1.29 is 19.2 Å². The Hall–Kier alpha value is -2.71. The number of hydrogen-bond donors (Lipinski definition) is 1. The smallest absolute Gasteiger partial charge is 0.343 e. The molecule has 0 saturated heterocycles. The second-order valence-electron chi connectivity index (χ2n) is 6.32. The van der Waals surface area contributed by atoms with Crippen LogP contribution in [-0.4, -0.2) is 34.5 Å². The second kappa shape index (κ2) is 7.91. The molecule has 1 amide bonds. The second-order valence-corrected chi connectivity index (χ2v) is 6.32. The Morgan fingerprint density at radius 1 is 1.36 bits per heavy atom. The molecule has 2 rings (SSSR count). The van der Waals surface area contributed by atoms with E-state index in [-0.39, 0.29) is 6.04 Å². The highest BCUT2D eigenvalue weighted by atomic mass is 16.6. The molecule has 1 N–H and O–H groups in total. The van der Waals surface area contributed by atoms with Crippen LogP contribution >= 0.6 is 0 Å². The minimum Gasteiger partial charge on any atom is -0.465 e. The Bertz CT molecular complexity index is 734. The molecule has 0 unspecified atom stereocenters. The first-order chi connectivity index (χ1) is 11.8. The molecule has 1 saturated carbocycles. The Labute approximate surface area is 144 Å². The molecule has 25 heavy (non-hydrogen) atoms. The van der Waals surface area contributed by atoms with Crippen LogP contribution in [0.25, 0.3) is 0 Å². The van der Waals surface area contributed by atoms with E-state index in [4.69, 9.17) is 0 Å². The maximum absolute atomic E-state index is 12.3. The van der Waals surface area contributed by atoms with E-state index in [1.54, 1.807) is 0 Å². The van der Waals surface area contributed by atoms with Gasteiger partial charge in [-0.2, -0.15) is 0 Å². The SMILES string of the molecule is COC(=O)c1cc([N+](=O)[O-])cn(CC(=O)NC2CCC(C)CC2)c1=O. The zero-order chi connectivity index (χ0) is 18.6. The average molecular weight is 351 g/mol. The number of carbonyl (C=O) groups is 2. The van der Waals surface area contributed by atoms with Gasteiger partial charge in [0.1, 0.15) is 12.1 Å². The molecule has 0 atom stereocenters. The lowest BCUT2D eigenvalue weighted by Gasteiger charge is -2.27. The molecule has 9 heteroatoms. The van der Waals surface area contributed by atoms with E-state index >= 15 is 0 Å².